The first-order valence-corrected chi connectivity index (χ1v) is 5.32. The van der Waals surface area contributed by atoms with Crippen molar-refractivity contribution < 1.29 is 9.63 Å². The molecule has 3 heteroatoms. The third kappa shape index (κ3) is 2.02. The minimum absolute atomic E-state index is 0.234. The zero-order chi connectivity index (χ0) is 9.10. The maximum atomic E-state index is 11.8. The van der Waals surface area contributed by atoms with E-state index in [1.165, 1.54) is 12.8 Å². The SMILES string of the molecule is O=C(C1CCCC1)N1CCCCO1. The fraction of sp³-hybridized carbons (Fsp3) is 0.900. The van der Waals surface area contributed by atoms with Gasteiger partial charge in [-0.15, -0.1) is 0 Å². The molecule has 2 fully saturated rings. The first-order chi connectivity index (χ1) is 6.38. The number of nitrogens with zero attached hydrogens (tertiary/aromatic N) is 1. The molecule has 0 aromatic rings. The molecule has 2 rings (SSSR count). The first-order valence-electron chi connectivity index (χ1n) is 5.32. The van der Waals surface area contributed by atoms with Gasteiger partial charge in [0.1, 0.15) is 0 Å². The molecule has 1 amide bonds. The largest absolute Gasteiger partial charge is 0.272 e. The molecular weight excluding hydrogens is 166 g/mol. The maximum absolute atomic E-state index is 11.8. The molecule has 1 saturated carbocycles. The van der Waals surface area contributed by atoms with Gasteiger partial charge in [0, 0.05) is 12.5 Å². The molecule has 1 saturated heterocycles. The lowest BCUT2D eigenvalue weighted by Gasteiger charge is -2.28. The van der Waals surface area contributed by atoms with Gasteiger partial charge in [0.05, 0.1) is 6.61 Å². The van der Waals surface area contributed by atoms with E-state index in [0.717, 1.165) is 38.8 Å². The van der Waals surface area contributed by atoms with E-state index in [-0.39, 0.29) is 11.8 Å². The standard InChI is InChI=1S/C10H17NO2/c12-10(9-5-1-2-6-9)11-7-3-4-8-13-11/h9H,1-8H2. The minimum Gasteiger partial charge on any atom is -0.272 e. The molecule has 1 heterocycles. The molecule has 1 aliphatic carbocycles. The summed E-state index contributed by atoms with van der Waals surface area (Å²) in [6.45, 7) is 1.52. The third-order valence-electron chi connectivity index (χ3n) is 2.95. The van der Waals surface area contributed by atoms with Crippen LogP contribution in [0.3, 0.4) is 0 Å². The number of hydrogen-bond donors (Lipinski definition) is 0. The van der Waals surface area contributed by atoms with E-state index in [1.54, 1.807) is 5.06 Å². The predicted molar refractivity (Wildman–Crippen MR) is 48.9 cm³/mol. The van der Waals surface area contributed by atoms with E-state index >= 15 is 0 Å². The summed E-state index contributed by atoms with van der Waals surface area (Å²) in [5, 5.41) is 1.60. The summed E-state index contributed by atoms with van der Waals surface area (Å²) in [7, 11) is 0. The molecule has 0 spiro atoms. The molecule has 3 nitrogen and oxygen atoms in total. The van der Waals surface area contributed by atoms with Gasteiger partial charge in [-0.2, -0.15) is 0 Å². The number of hydroxylamine groups is 2. The highest BCUT2D eigenvalue weighted by molar-refractivity contribution is 5.78. The highest BCUT2D eigenvalue weighted by atomic mass is 16.7. The van der Waals surface area contributed by atoms with Gasteiger partial charge in [0.2, 0.25) is 5.91 Å². The number of carbonyl (C=O) groups is 1. The van der Waals surface area contributed by atoms with Crippen LogP contribution in [0.5, 0.6) is 0 Å². The second-order valence-electron chi connectivity index (χ2n) is 3.96. The van der Waals surface area contributed by atoms with E-state index in [0.29, 0.717) is 0 Å². The molecule has 1 aliphatic heterocycles. The Morgan fingerprint density at radius 2 is 1.92 bits per heavy atom. The van der Waals surface area contributed by atoms with Crippen molar-refractivity contribution in [2.24, 2.45) is 5.92 Å². The molecule has 0 atom stereocenters. The van der Waals surface area contributed by atoms with Gasteiger partial charge in [-0.1, -0.05) is 12.8 Å². The summed E-state index contributed by atoms with van der Waals surface area (Å²) in [4.78, 5) is 17.1. The molecule has 2 aliphatic rings. The van der Waals surface area contributed by atoms with E-state index in [1.807, 2.05) is 0 Å². The van der Waals surface area contributed by atoms with Crippen LogP contribution in [0.25, 0.3) is 0 Å². The summed E-state index contributed by atoms with van der Waals surface area (Å²) < 4.78 is 0. The van der Waals surface area contributed by atoms with Gasteiger partial charge >= 0.3 is 0 Å². The summed E-state index contributed by atoms with van der Waals surface area (Å²) in [6.07, 6.45) is 6.75. The van der Waals surface area contributed by atoms with Gasteiger partial charge in [-0.3, -0.25) is 9.63 Å². The molecule has 0 radical (unpaired) electrons. The average Bonchev–Trinajstić information content (AvgIpc) is 2.71. The Hall–Kier alpha value is -0.570. The molecular formula is C10H17NO2. The van der Waals surface area contributed by atoms with Crippen LogP contribution in [0.4, 0.5) is 0 Å². The van der Waals surface area contributed by atoms with Gasteiger partial charge in [0.25, 0.3) is 0 Å². The van der Waals surface area contributed by atoms with Gasteiger partial charge < -0.3 is 0 Å². The lowest BCUT2D eigenvalue weighted by molar-refractivity contribution is -0.201. The fourth-order valence-electron chi connectivity index (χ4n) is 2.15. The summed E-state index contributed by atoms with van der Waals surface area (Å²) in [6, 6.07) is 0. The fourth-order valence-corrected chi connectivity index (χ4v) is 2.15. The van der Waals surface area contributed by atoms with Gasteiger partial charge in [0.15, 0.2) is 0 Å². The normalized spacial score (nSPS) is 25.1. The Morgan fingerprint density at radius 3 is 2.54 bits per heavy atom. The molecule has 0 aromatic carbocycles. The molecule has 13 heavy (non-hydrogen) atoms. The van der Waals surface area contributed by atoms with Crippen molar-refractivity contribution in [1.29, 1.82) is 0 Å². The Labute approximate surface area is 79.0 Å². The zero-order valence-electron chi connectivity index (χ0n) is 8.00. The van der Waals surface area contributed by atoms with Crippen LogP contribution in [0.2, 0.25) is 0 Å². The Bertz CT molecular complexity index is 181. The second-order valence-corrected chi connectivity index (χ2v) is 3.96. The number of amides is 1. The van der Waals surface area contributed by atoms with Gasteiger partial charge in [-0.05, 0) is 25.7 Å². The molecule has 0 bridgehead atoms. The van der Waals surface area contributed by atoms with E-state index < -0.39 is 0 Å². The van der Waals surface area contributed by atoms with Crippen molar-refractivity contribution in [2.75, 3.05) is 13.2 Å². The van der Waals surface area contributed by atoms with Crippen molar-refractivity contribution in [3.8, 4) is 0 Å². The van der Waals surface area contributed by atoms with Crippen LogP contribution in [0, 0.1) is 5.92 Å². The quantitative estimate of drug-likeness (QED) is 0.619. The lowest BCUT2D eigenvalue weighted by Crippen LogP contribution is -2.39. The average molecular weight is 183 g/mol. The van der Waals surface area contributed by atoms with Crippen LogP contribution in [-0.2, 0) is 9.63 Å². The lowest BCUT2D eigenvalue weighted by atomic mass is 10.1. The van der Waals surface area contributed by atoms with Crippen molar-refractivity contribution in [1.82, 2.24) is 5.06 Å². The van der Waals surface area contributed by atoms with Crippen LogP contribution >= 0.6 is 0 Å². The summed E-state index contributed by atoms with van der Waals surface area (Å²) in [5.74, 6) is 0.496. The predicted octanol–water partition coefficient (Wildman–Crippen LogP) is 1.73. The zero-order valence-corrected chi connectivity index (χ0v) is 8.00. The third-order valence-corrected chi connectivity index (χ3v) is 2.95. The maximum Gasteiger partial charge on any atom is 0.249 e. The summed E-state index contributed by atoms with van der Waals surface area (Å²) >= 11 is 0. The van der Waals surface area contributed by atoms with Crippen molar-refractivity contribution in [3.63, 3.8) is 0 Å². The van der Waals surface area contributed by atoms with Crippen molar-refractivity contribution >= 4 is 5.91 Å². The number of rotatable bonds is 1. The monoisotopic (exact) mass is 183 g/mol. The van der Waals surface area contributed by atoms with Crippen molar-refractivity contribution in [2.45, 2.75) is 38.5 Å². The van der Waals surface area contributed by atoms with Crippen LogP contribution in [0.1, 0.15) is 38.5 Å². The Kier molecular flexibility index (Phi) is 2.83. The number of carbonyl (C=O) groups excluding carboxylic acids is 1. The summed E-state index contributed by atoms with van der Waals surface area (Å²) in [5.41, 5.74) is 0. The molecule has 0 unspecified atom stereocenters. The van der Waals surface area contributed by atoms with Gasteiger partial charge in [-0.25, -0.2) is 5.06 Å². The molecule has 0 aromatic heterocycles. The van der Waals surface area contributed by atoms with E-state index in [4.69, 9.17) is 4.84 Å². The van der Waals surface area contributed by atoms with Crippen LogP contribution < -0.4 is 0 Å². The number of hydrogen-bond acceptors (Lipinski definition) is 2. The van der Waals surface area contributed by atoms with Crippen molar-refractivity contribution in [3.05, 3.63) is 0 Å². The Balaban J connectivity index is 1.87. The van der Waals surface area contributed by atoms with Crippen LogP contribution in [0.15, 0.2) is 0 Å². The van der Waals surface area contributed by atoms with E-state index in [9.17, 15) is 4.79 Å². The topological polar surface area (TPSA) is 29.5 Å². The first kappa shape index (κ1) is 9.00. The second kappa shape index (κ2) is 4.09. The van der Waals surface area contributed by atoms with Crippen LogP contribution in [-0.4, -0.2) is 24.1 Å². The minimum atomic E-state index is 0.234. The van der Waals surface area contributed by atoms with E-state index in [2.05, 4.69) is 0 Å². The smallest absolute Gasteiger partial charge is 0.249 e. The Morgan fingerprint density at radius 1 is 1.15 bits per heavy atom. The molecule has 74 valence electrons. The highest BCUT2D eigenvalue weighted by Gasteiger charge is 2.28. The highest BCUT2D eigenvalue weighted by Crippen LogP contribution is 2.27. The molecule has 0 N–H and O–H groups in total.